The summed E-state index contributed by atoms with van der Waals surface area (Å²) in [4.78, 5) is 21.4. The quantitative estimate of drug-likeness (QED) is 0.425. The van der Waals surface area contributed by atoms with Gasteiger partial charge in [-0.1, -0.05) is 29.4 Å². The molecular formula is C21H13F3N6O2. The molecule has 0 spiro atoms. The number of nitrogens with zero attached hydrogens (tertiary/aromatic N) is 6. The number of rotatable bonds is 4. The van der Waals surface area contributed by atoms with E-state index >= 15 is 0 Å². The molecule has 0 radical (unpaired) electrons. The van der Waals surface area contributed by atoms with Crippen LogP contribution in [0.5, 0.6) is 0 Å². The molecule has 3 aromatic heterocycles. The molecule has 160 valence electrons. The van der Waals surface area contributed by atoms with Crippen molar-refractivity contribution < 1.29 is 17.7 Å². The molecule has 0 bridgehead atoms. The molecule has 3 heterocycles. The van der Waals surface area contributed by atoms with Crippen molar-refractivity contribution in [3.8, 4) is 17.1 Å². The van der Waals surface area contributed by atoms with Gasteiger partial charge in [0.05, 0.1) is 24.0 Å². The monoisotopic (exact) mass is 438 g/mol. The molecular weight excluding hydrogens is 425 g/mol. The Bertz CT molecular complexity index is 1470. The lowest BCUT2D eigenvalue weighted by atomic mass is 10.2. The predicted molar refractivity (Wildman–Crippen MR) is 107 cm³/mol. The van der Waals surface area contributed by atoms with Crippen LogP contribution in [0, 0.1) is 0 Å². The molecule has 0 aliphatic rings. The van der Waals surface area contributed by atoms with E-state index in [0.717, 1.165) is 17.7 Å². The van der Waals surface area contributed by atoms with E-state index in [4.69, 9.17) is 4.52 Å². The number of alkyl halides is 3. The van der Waals surface area contributed by atoms with Crippen LogP contribution in [0.4, 0.5) is 13.2 Å². The molecule has 0 fully saturated rings. The Labute approximate surface area is 177 Å². The van der Waals surface area contributed by atoms with Gasteiger partial charge in [0.15, 0.2) is 11.5 Å². The maximum Gasteiger partial charge on any atom is 0.416 e. The summed E-state index contributed by atoms with van der Waals surface area (Å²) in [6.45, 7) is 0.00679. The Balaban J connectivity index is 1.48. The molecule has 11 heteroatoms. The second-order valence-corrected chi connectivity index (χ2v) is 6.90. The van der Waals surface area contributed by atoms with Gasteiger partial charge < -0.3 is 4.52 Å². The van der Waals surface area contributed by atoms with Crippen LogP contribution in [0.1, 0.15) is 11.4 Å². The molecule has 32 heavy (non-hydrogen) atoms. The van der Waals surface area contributed by atoms with Gasteiger partial charge in [-0.3, -0.25) is 9.36 Å². The maximum atomic E-state index is 13.0. The summed E-state index contributed by atoms with van der Waals surface area (Å²) in [6.07, 6.45) is -1.95. The predicted octanol–water partition coefficient (Wildman–Crippen LogP) is 3.70. The largest absolute Gasteiger partial charge is 0.416 e. The fourth-order valence-electron chi connectivity index (χ4n) is 3.23. The topological polar surface area (TPSA) is 91.6 Å². The minimum Gasteiger partial charge on any atom is -0.334 e. The fourth-order valence-corrected chi connectivity index (χ4v) is 3.23. The number of fused-ring (bicyclic) bond motifs is 1. The van der Waals surface area contributed by atoms with Gasteiger partial charge >= 0.3 is 6.18 Å². The molecule has 8 nitrogen and oxygen atoms in total. The van der Waals surface area contributed by atoms with Crippen molar-refractivity contribution in [3.05, 3.63) is 88.9 Å². The van der Waals surface area contributed by atoms with Crippen LogP contribution >= 0.6 is 0 Å². The highest BCUT2D eigenvalue weighted by molar-refractivity contribution is 5.75. The second kappa shape index (κ2) is 7.45. The minimum atomic E-state index is -4.50. The first kappa shape index (κ1) is 19.7. The van der Waals surface area contributed by atoms with E-state index in [2.05, 4.69) is 20.2 Å². The Hall–Kier alpha value is -4.28. The summed E-state index contributed by atoms with van der Waals surface area (Å²) in [5.74, 6) is 0.595. The highest BCUT2D eigenvalue weighted by Gasteiger charge is 2.30. The van der Waals surface area contributed by atoms with E-state index in [1.807, 2.05) is 30.3 Å². The minimum absolute atomic E-state index is 0.00679. The molecule has 0 saturated carbocycles. The van der Waals surface area contributed by atoms with Crippen LogP contribution < -0.4 is 5.56 Å². The zero-order valence-electron chi connectivity index (χ0n) is 16.2. The molecule has 5 aromatic rings. The average Bonchev–Trinajstić information content (AvgIpc) is 3.43. The van der Waals surface area contributed by atoms with Crippen LogP contribution in [0.25, 0.3) is 28.2 Å². The van der Waals surface area contributed by atoms with Crippen molar-refractivity contribution in [2.75, 3.05) is 0 Å². The molecule has 0 atom stereocenters. The van der Waals surface area contributed by atoms with Crippen molar-refractivity contribution in [2.24, 2.45) is 0 Å². The summed E-state index contributed by atoms with van der Waals surface area (Å²) in [5.41, 5.74) is -0.221. The number of halogens is 3. The molecule has 5 rings (SSSR count). The van der Waals surface area contributed by atoms with Gasteiger partial charge in [0.25, 0.3) is 11.4 Å². The Kier molecular flexibility index (Phi) is 4.58. The second-order valence-electron chi connectivity index (χ2n) is 6.90. The van der Waals surface area contributed by atoms with Crippen LogP contribution in [0.3, 0.4) is 0 Å². The van der Waals surface area contributed by atoms with E-state index in [1.54, 1.807) is 0 Å². The highest BCUT2D eigenvalue weighted by Crippen LogP contribution is 2.30. The van der Waals surface area contributed by atoms with Crippen LogP contribution in [-0.4, -0.2) is 29.5 Å². The van der Waals surface area contributed by atoms with Gasteiger partial charge in [0, 0.05) is 5.56 Å². The van der Waals surface area contributed by atoms with E-state index in [0.29, 0.717) is 5.89 Å². The molecule has 0 N–H and O–H groups in total. The van der Waals surface area contributed by atoms with Crippen molar-refractivity contribution in [1.82, 2.24) is 29.5 Å². The average molecular weight is 438 g/mol. The van der Waals surface area contributed by atoms with Gasteiger partial charge in [-0.25, -0.2) is 9.67 Å². The zero-order valence-corrected chi connectivity index (χ0v) is 16.2. The highest BCUT2D eigenvalue weighted by atomic mass is 19.4. The lowest BCUT2D eigenvalue weighted by Crippen LogP contribution is -2.21. The zero-order chi connectivity index (χ0) is 22.3. The third-order valence-corrected chi connectivity index (χ3v) is 4.77. The van der Waals surface area contributed by atoms with Crippen LogP contribution in [0.15, 0.2) is 76.4 Å². The van der Waals surface area contributed by atoms with E-state index in [9.17, 15) is 18.0 Å². The van der Waals surface area contributed by atoms with Crippen molar-refractivity contribution in [1.29, 1.82) is 0 Å². The van der Waals surface area contributed by atoms with E-state index in [1.165, 1.54) is 33.9 Å². The molecule has 0 aliphatic carbocycles. The van der Waals surface area contributed by atoms with Crippen LogP contribution in [-0.2, 0) is 12.7 Å². The normalized spacial score (nSPS) is 11.8. The summed E-state index contributed by atoms with van der Waals surface area (Å²) in [5, 5.41) is 8.11. The number of hydrogen-bond acceptors (Lipinski definition) is 6. The Morgan fingerprint density at radius 2 is 1.84 bits per heavy atom. The van der Waals surface area contributed by atoms with E-state index < -0.39 is 17.3 Å². The van der Waals surface area contributed by atoms with Gasteiger partial charge in [0.1, 0.15) is 11.7 Å². The van der Waals surface area contributed by atoms with Crippen molar-refractivity contribution >= 4 is 11.0 Å². The standard InChI is InChI=1S/C21H13F3N6O2/c22-21(23,24)14-7-4-8-15(9-14)30-18-16(10-26-30)20(31)29(12-25-18)11-17-27-19(32-28-17)13-5-2-1-3-6-13/h1-10,12H,11H2. The summed E-state index contributed by atoms with van der Waals surface area (Å²) < 4.78 is 46.8. The molecule has 0 aliphatic heterocycles. The first-order valence-electron chi connectivity index (χ1n) is 9.39. The van der Waals surface area contributed by atoms with Gasteiger partial charge in [-0.05, 0) is 30.3 Å². The summed E-state index contributed by atoms with van der Waals surface area (Å²) >= 11 is 0. The Morgan fingerprint density at radius 3 is 2.62 bits per heavy atom. The number of aromatic nitrogens is 6. The smallest absolute Gasteiger partial charge is 0.334 e. The van der Waals surface area contributed by atoms with Gasteiger partial charge in [-0.15, -0.1) is 0 Å². The third kappa shape index (κ3) is 3.53. The molecule has 2 aromatic carbocycles. The maximum absolute atomic E-state index is 13.0. The van der Waals surface area contributed by atoms with Gasteiger partial charge in [-0.2, -0.15) is 23.3 Å². The lowest BCUT2D eigenvalue weighted by Gasteiger charge is -2.09. The van der Waals surface area contributed by atoms with Crippen molar-refractivity contribution in [3.63, 3.8) is 0 Å². The van der Waals surface area contributed by atoms with Crippen molar-refractivity contribution in [2.45, 2.75) is 12.7 Å². The first-order valence-corrected chi connectivity index (χ1v) is 9.39. The first-order chi connectivity index (χ1) is 15.4. The Morgan fingerprint density at radius 1 is 1.03 bits per heavy atom. The molecule has 0 amide bonds. The number of hydrogen-bond donors (Lipinski definition) is 0. The van der Waals surface area contributed by atoms with E-state index in [-0.39, 0.29) is 29.1 Å². The number of benzene rings is 2. The van der Waals surface area contributed by atoms with Gasteiger partial charge in [0.2, 0.25) is 0 Å². The third-order valence-electron chi connectivity index (χ3n) is 4.77. The summed E-state index contributed by atoms with van der Waals surface area (Å²) in [7, 11) is 0. The molecule has 0 unspecified atom stereocenters. The van der Waals surface area contributed by atoms with Crippen LogP contribution in [0.2, 0.25) is 0 Å². The lowest BCUT2D eigenvalue weighted by molar-refractivity contribution is -0.137. The molecule has 0 saturated heterocycles. The summed E-state index contributed by atoms with van der Waals surface area (Å²) in [6, 6.07) is 13.8. The SMILES string of the molecule is O=c1c2cnn(-c3cccc(C(F)(F)F)c3)c2ncn1Cc1noc(-c2ccccc2)n1. The fraction of sp³-hybridized carbons (Fsp3) is 0.0952.